The highest BCUT2D eigenvalue weighted by atomic mass is 16.6. The predicted octanol–water partition coefficient (Wildman–Crippen LogP) is 1.60. The van der Waals surface area contributed by atoms with E-state index in [9.17, 15) is 14.9 Å². The van der Waals surface area contributed by atoms with Gasteiger partial charge < -0.3 is 10.1 Å². The molecule has 0 bridgehead atoms. The highest BCUT2D eigenvalue weighted by Crippen LogP contribution is 2.19. The van der Waals surface area contributed by atoms with Crippen molar-refractivity contribution in [1.29, 1.82) is 0 Å². The van der Waals surface area contributed by atoms with Gasteiger partial charge in [0.2, 0.25) is 0 Å². The number of nitro groups is 1. The molecule has 0 saturated heterocycles. The number of carbonyl (C=O) groups excluding carboxylic acids is 1. The van der Waals surface area contributed by atoms with Crippen molar-refractivity contribution >= 4 is 11.7 Å². The summed E-state index contributed by atoms with van der Waals surface area (Å²) in [5, 5.41) is 13.7. The van der Waals surface area contributed by atoms with E-state index in [-0.39, 0.29) is 24.1 Å². The van der Waals surface area contributed by atoms with Gasteiger partial charge in [0.1, 0.15) is 0 Å². The Morgan fingerprint density at radius 2 is 2.21 bits per heavy atom. The molecule has 1 rings (SSSR count). The first kappa shape index (κ1) is 15.1. The molecule has 6 nitrogen and oxygen atoms in total. The van der Waals surface area contributed by atoms with Crippen LogP contribution in [0.1, 0.15) is 17.5 Å². The summed E-state index contributed by atoms with van der Waals surface area (Å²) in [4.78, 5) is 21.5. The average molecular weight is 266 g/mol. The zero-order chi connectivity index (χ0) is 14.4. The van der Waals surface area contributed by atoms with Gasteiger partial charge in [0, 0.05) is 18.2 Å². The van der Waals surface area contributed by atoms with Crippen LogP contribution in [0.2, 0.25) is 0 Å². The van der Waals surface area contributed by atoms with Crippen molar-refractivity contribution in [2.75, 3.05) is 14.2 Å². The number of nitro benzene ring substituents is 1. The molecule has 19 heavy (non-hydrogen) atoms. The second-order valence-electron chi connectivity index (χ2n) is 4.34. The number of nitrogens with zero attached hydrogens (tertiary/aromatic N) is 1. The Bertz CT molecular complexity index is 474. The zero-order valence-electron chi connectivity index (χ0n) is 11.3. The topological polar surface area (TPSA) is 81.5 Å². The van der Waals surface area contributed by atoms with E-state index in [1.54, 1.807) is 19.2 Å². The minimum Gasteiger partial charge on any atom is -0.469 e. The Labute approximate surface area is 111 Å². The van der Waals surface area contributed by atoms with Crippen LogP contribution in [-0.2, 0) is 16.0 Å². The Kier molecular flexibility index (Phi) is 5.44. The molecular formula is C13H18N2O4. The van der Waals surface area contributed by atoms with Gasteiger partial charge in [-0.15, -0.1) is 0 Å². The lowest BCUT2D eigenvalue weighted by molar-refractivity contribution is -0.384. The van der Waals surface area contributed by atoms with E-state index in [1.165, 1.54) is 13.2 Å². The smallest absolute Gasteiger partial charge is 0.307 e. The fourth-order valence-corrected chi connectivity index (χ4v) is 1.85. The third kappa shape index (κ3) is 4.33. The van der Waals surface area contributed by atoms with Gasteiger partial charge in [0.25, 0.3) is 5.69 Å². The number of methoxy groups -OCH3 is 1. The van der Waals surface area contributed by atoms with Crippen molar-refractivity contribution in [3.63, 3.8) is 0 Å². The zero-order valence-corrected chi connectivity index (χ0v) is 11.3. The van der Waals surface area contributed by atoms with Crippen molar-refractivity contribution in [2.24, 2.45) is 0 Å². The summed E-state index contributed by atoms with van der Waals surface area (Å²) in [5.41, 5.74) is 1.91. The molecule has 1 atom stereocenters. The number of hydrogen-bond donors (Lipinski definition) is 1. The molecule has 1 unspecified atom stereocenters. The molecule has 0 fully saturated rings. The predicted molar refractivity (Wildman–Crippen MR) is 71.0 cm³/mol. The van der Waals surface area contributed by atoms with Crippen LogP contribution in [0.25, 0.3) is 0 Å². The van der Waals surface area contributed by atoms with Crippen LogP contribution in [0.15, 0.2) is 18.2 Å². The Morgan fingerprint density at radius 1 is 1.53 bits per heavy atom. The molecule has 0 heterocycles. The number of nitrogens with one attached hydrogen (secondary N) is 1. The molecule has 1 aromatic rings. The fourth-order valence-electron chi connectivity index (χ4n) is 1.85. The lowest BCUT2D eigenvalue weighted by Crippen LogP contribution is -2.30. The first-order chi connectivity index (χ1) is 8.97. The van der Waals surface area contributed by atoms with Gasteiger partial charge in [-0.2, -0.15) is 0 Å². The van der Waals surface area contributed by atoms with E-state index in [1.807, 2.05) is 6.92 Å². The SMILES string of the molecule is CNC(CC(=O)OC)Cc1ccc([N+](=O)[O-])cc1C. The summed E-state index contributed by atoms with van der Waals surface area (Å²) in [5.74, 6) is -0.279. The third-order valence-corrected chi connectivity index (χ3v) is 3.05. The van der Waals surface area contributed by atoms with Crippen molar-refractivity contribution in [3.8, 4) is 0 Å². The molecule has 0 aliphatic heterocycles. The van der Waals surface area contributed by atoms with E-state index in [0.29, 0.717) is 6.42 Å². The van der Waals surface area contributed by atoms with Gasteiger partial charge >= 0.3 is 5.97 Å². The van der Waals surface area contributed by atoms with Gasteiger partial charge in [0.05, 0.1) is 18.5 Å². The van der Waals surface area contributed by atoms with Crippen LogP contribution in [0.5, 0.6) is 0 Å². The van der Waals surface area contributed by atoms with Gasteiger partial charge in [-0.1, -0.05) is 6.07 Å². The molecule has 0 saturated carbocycles. The summed E-state index contributed by atoms with van der Waals surface area (Å²) in [6, 6.07) is 4.70. The van der Waals surface area contributed by atoms with Crippen molar-refractivity contribution in [3.05, 3.63) is 39.4 Å². The summed E-state index contributed by atoms with van der Waals surface area (Å²) in [7, 11) is 3.13. The average Bonchev–Trinajstić information content (AvgIpc) is 2.39. The Hall–Kier alpha value is -1.95. The number of ether oxygens (including phenoxy) is 1. The molecule has 0 aliphatic carbocycles. The number of aryl methyl sites for hydroxylation is 1. The van der Waals surface area contributed by atoms with Crippen LogP contribution in [0.3, 0.4) is 0 Å². The van der Waals surface area contributed by atoms with Gasteiger partial charge in [-0.3, -0.25) is 14.9 Å². The monoisotopic (exact) mass is 266 g/mol. The van der Waals surface area contributed by atoms with Crippen LogP contribution in [0, 0.1) is 17.0 Å². The van der Waals surface area contributed by atoms with Crippen molar-refractivity contribution < 1.29 is 14.5 Å². The molecule has 0 amide bonds. The number of benzene rings is 1. The molecule has 0 aliphatic rings. The van der Waals surface area contributed by atoms with E-state index in [4.69, 9.17) is 0 Å². The maximum atomic E-state index is 11.2. The third-order valence-electron chi connectivity index (χ3n) is 3.05. The largest absolute Gasteiger partial charge is 0.469 e. The summed E-state index contributed by atoms with van der Waals surface area (Å²) in [6.45, 7) is 1.83. The van der Waals surface area contributed by atoms with Crippen LogP contribution < -0.4 is 5.32 Å². The minimum atomic E-state index is -0.416. The van der Waals surface area contributed by atoms with Crippen molar-refractivity contribution in [1.82, 2.24) is 5.32 Å². The van der Waals surface area contributed by atoms with Gasteiger partial charge in [-0.05, 0) is 31.5 Å². The number of esters is 1. The fraction of sp³-hybridized carbons (Fsp3) is 0.462. The number of non-ortho nitro benzene ring substituents is 1. The second kappa shape index (κ2) is 6.84. The highest BCUT2D eigenvalue weighted by molar-refractivity contribution is 5.70. The molecular weight excluding hydrogens is 248 g/mol. The van der Waals surface area contributed by atoms with Gasteiger partial charge in [0.15, 0.2) is 0 Å². The maximum Gasteiger partial charge on any atom is 0.307 e. The number of rotatable bonds is 6. The highest BCUT2D eigenvalue weighted by Gasteiger charge is 2.15. The lowest BCUT2D eigenvalue weighted by atomic mass is 9.99. The molecule has 6 heteroatoms. The molecule has 104 valence electrons. The summed E-state index contributed by atoms with van der Waals surface area (Å²) >= 11 is 0. The van der Waals surface area contributed by atoms with E-state index >= 15 is 0 Å². The Morgan fingerprint density at radius 3 is 2.68 bits per heavy atom. The van der Waals surface area contributed by atoms with Gasteiger partial charge in [-0.25, -0.2) is 0 Å². The molecule has 1 N–H and O–H groups in total. The minimum absolute atomic E-state index is 0.0485. The van der Waals surface area contributed by atoms with E-state index < -0.39 is 4.92 Å². The maximum absolute atomic E-state index is 11.2. The normalized spacial score (nSPS) is 11.9. The van der Waals surface area contributed by atoms with Crippen LogP contribution in [0.4, 0.5) is 5.69 Å². The number of hydrogen-bond acceptors (Lipinski definition) is 5. The van der Waals surface area contributed by atoms with E-state index in [0.717, 1.165) is 11.1 Å². The summed E-state index contributed by atoms with van der Waals surface area (Å²) < 4.78 is 4.63. The van der Waals surface area contributed by atoms with Crippen LogP contribution >= 0.6 is 0 Å². The first-order valence-electron chi connectivity index (χ1n) is 5.96. The number of likely N-dealkylation sites (N-methyl/N-ethyl adjacent to an activating group) is 1. The molecule has 0 spiro atoms. The molecule has 0 radical (unpaired) electrons. The van der Waals surface area contributed by atoms with E-state index in [2.05, 4.69) is 10.1 Å². The number of carbonyl (C=O) groups is 1. The summed E-state index contributed by atoms with van der Waals surface area (Å²) in [6.07, 6.45) is 0.888. The lowest BCUT2D eigenvalue weighted by Gasteiger charge is -2.16. The van der Waals surface area contributed by atoms with Crippen molar-refractivity contribution in [2.45, 2.75) is 25.8 Å². The first-order valence-corrected chi connectivity index (χ1v) is 5.96. The standard InChI is InChI=1S/C13H18N2O4/c1-9-6-12(15(17)18)5-4-10(9)7-11(14-2)8-13(16)19-3/h4-6,11,14H,7-8H2,1-3H3. The molecule has 0 aromatic heterocycles. The Balaban J connectivity index is 2.80. The quantitative estimate of drug-likeness (QED) is 0.480. The van der Waals surface area contributed by atoms with Crippen LogP contribution in [-0.4, -0.2) is 31.1 Å². The molecule has 1 aromatic carbocycles. The second-order valence-corrected chi connectivity index (χ2v) is 4.34.